The summed E-state index contributed by atoms with van der Waals surface area (Å²) in [4.78, 5) is 11.2. The van der Waals surface area contributed by atoms with Gasteiger partial charge in [-0.3, -0.25) is 9.52 Å². The number of aryl methyl sites for hydroxylation is 1. The first-order chi connectivity index (χ1) is 9.79. The number of nitrogens with zero attached hydrogens (tertiary/aromatic N) is 1. The number of anilines is 1. The van der Waals surface area contributed by atoms with E-state index in [2.05, 4.69) is 4.72 Å². The van der Waals surface area contributed by atoms with Crippen molar-refractivity contribution in [2.45, 2.75) is 32.2 Å². The summed E-state index contributed by atoms with van der Waals surface area (Å²) < 4.78 is 41.1. The Morgan fingerprint density at radius 1 is 1.38 bits per heavy atom. The molecule has 0 aromatic heterocycles. The first-order valence-corrected chi connectivity index (χ1v) is 8.03. The topological polar surface area (TPSA) is 86.7 Å². The molecule has 1 saturated heterocycles. The molecule has 0 bridgehead atoms. The Morgan fingerprint density at radius 3 is 2.71 bits per heavy atom. The Bertz CT molecular complexity index is 627. The highest BCUT2D eigenvalue weighted by atomic mass is 32.2. The second-order valence-electron chi connectivity index (χ2n) is 5.08. The summed E-state index contributed by atoms with van der Waals surface area (Å²) in [6.45, 7) is 1.78. The van der Waals surface area contributed by atoms with Crippen LogP contribution in [0.2, 0.25) is 0 Å². The van der Waals surface area contributed by atoms with Crippen LogP contribution in [0.3, 0.4) is 0 Å². The van der Waals surface area contributed by atoms with E-state index in [0.29, 0.717) is 18.4 Å². The molecule has 1 heterocycles. The highest BCUT2D eigenvalue weighted by molar-refractivity contribution is 7.90. The van der Waals surface area contributed by atoms with Crippen molar-refractivity contribution in [1.29, 1.82) is 0 Å². The van der Waals surface area contributed by atoms with Crippen molar-refractivity contribution in [3.8, 4) is 0 Å². The van der Waals surface area contributed by atoms with Crippen molar-refractivity contribution in [3.63, 3.8) is 0 Å². The Kier molecular flexibility index (Phi) is 4.48. The van der Waals surface area contributed by atoms with Gasteiger partial charge in [0, 0.05) is 6.54 Å². The smallest absolute Gasteiger partial charge is 0.322 e. The van der Waals surface area contributed by atoms with E-state index in [9.17, 15) is 17.6 Å². The molecule has 1 aromatic carbocycles. The maximum atomic E-state index is 13.3. The lowest BCUT2D eigenvalue weighted by molar-refractivity contribution is -0.142. The lowest BCUT2D eigenvalue weighted by Gasteiger charge is -2.31. The minimum absolute atomic E-state index is 0.0854. The van der Waals surface area contributed by atoms with Crippen molar-refractivity contribution in [2.24, 2.45) is 0 Å². The van der Waals surface area contributed by atoms with E-state index in [1.54, 1.807) is 6.92 Å². The molecule has 0 saturated carbocycles. The molecule has 8 heteroatoms. The van der Waals surface area contributed by atoms with E-state index >= 15 is 0 Å². The Hall–Kier alpha value is -1.67. The van der Waals surface area contributed by atoms with Crippen LogP contribution in [0.1, 0.15) is 24.8 Å². The molecular weight excluding hydrogens is 299 g/mol. The molecule has 1 aliphatic rings. The number of nitrogens with one attached hydrogen (secondary N) is 1. The minimum Gasteiger partial charge on any atom is -0.480 e. The van der Waals surface area contributed by atoms with Gasteiger partial charge < -0.3 is 5.11 Å². The van der Waals surface area contributed by atoms with Crippen LogP contribution in [0.25, 0.3) is 0 Å². The number of aliphatic carboxylic acids is 1. The van der Waals surface area contributed by atoms with Crippen molar-refractivity contribution in [3.05, 3.63) is 29.6 Å². The third kappa shape index (κ3) is 3.70. The SMILES string of the molecule is Cc1cc(F)cc(NS(=O)(=O)N2CCCCC2C(=O)O)c1. The molecule has 1 aliphatic heterocycles. The lowest BCUT2D eigenvalue weighted by atomic mass is 10.1. The van der Waals surface area contributed by atoms with Crippen molar-refractivity contribution < 1.29 is 22.7 Å². The molecule has 21 heavy (non-hydrogen) atoms. The molecule has 2 rings (SSSR count). The van der Waals surface area contributed by atoms with Gasteiger partial charge in [-0.15, -0.1) is 0 Å². The molecule has 0 amide bonds. The summed E-state index contributed by atoms with van der Waals surface area (Å²) in [6.07, 6.45) is 1.55. The predicted molar refractivity (Wildman–Crippen MR) is 75.7 cm³/mol. The fourth-order valence-electron chi connectivity index (χ4n) is 2.44. The Morgan fingerprint density at radius 2 is 2.10 bits per heavy atom. The summed E-state index contributed by atoms with van der Waals surface area (Å²) in [5, 5.41) is 9.13. The van der Waals surface area contributed by atoms with Crippen LogP contribution in [0.4, 0.5) is 10.1 Å². The standard InChI is InChI=1S/C13H17FN2O4S/c1-9-6-10(14)8-11(7-9)15-21(19,20)16-5-3-2-4-12(16)13(17)18/h6-8,12,15H,2-5H2,1H3,(H,17,18). The molecule has 1 unspecified atom stereocenters. The van der Waals surface area contributed by atoms with Crippen LogP contribution >= 0.6 is 0 Å². The van der Waals surface area contributed by atoms with Crippen LogP contribution in [0.15, 0.2) is 18.2 Å². The average molecular weight is 316 g/mol. The molecule has 2 N–H and O–H groups in total. The summed E-state index contributed by atoms with van der Waals surface area (Å²) >= 11 is 0. The molecule has 0 spiro atoms. The van der Waals surface area contributed by atoms with Crippen LogP contribution in [0.5, 0.6) is 0 Å². The van der Waals surface area contributed by atoms with Crippen LogP contribution in [-0.2, 0) is 15.0 Å². The minimum atomic E-state index is -4.03. The summed E-state index contributed by atoms with van der Waals surface area (Å²) in [6, 6.07) is 2.74. The van der Waals surface area contributed by atoms with Crippen LogP contribution in [0, 0.1) is 12.7 Å². The van der Waals surface area contributed by atoms with Gasteiger partial charge in [0.05, 0.1) is 5.69 Å². The number of carboxylic acid groups (broad SMARTS) is 1. The summed E-state index contributed by atoms with van der Waals surface area (Å²) in [5.41, 5.74) is 0.656. The largest absolute Gasteiger partial charge is 0.480 e. The second kappa shape index (κ2) is 5.98. The fraction of sp³-hybridized carbons (Fsp3) is 0.462. The average Bonchev–Trinajstić information content (AvgIpc) is 2.36. The molecule has 1 atom stereocenters. The molecule has 0 radical (unpaired) electrons. The number of piperidine rings is 1. The van der Waals surface area contributed by atoms with Gasteiger partial charge in [-0.05, 0) is 49.9 Å². The maximum absolute atomic E-state index is 13.3. The highest BCUT2D eigenvalue weighted by Gasteiger charge is 2.36. The number of halogens is 1. The van der Waals surface area contributed by atoms with Gasteiger partial charge in [-0.25, -0.2) is 4.39 Å². The van der Waals surface area contributed by atoms with Crippen molar-refractivity contribution in [2.75, 3.05) is 11.3 Å². The maximum Gasteiger partial charge on any atom is 0.322 e. The number of hydrogen-bond acceptors (Lipinski definition) is 3. The first kappa shape index (κ1) is 15.7. The number of carbonyl (C=O) groups is 1. The van der Waals surface area contributed by atoms with Gasteiger partial charge in [0.15, 0.2) is 0 Å². The molecule has 0 aliphatic carbocycles. The molecule has 1 fully saturated rings. The third-order valence-corrected chi connectivity index (χ3v) is 4.88. The quantitative estimate of drug-likeness (QED) is 0.885. The van der Waals surface area contributed by atoms with Gasteiger partial charge >= 0.3 is 16.2 Å². The van der Waals surface area contributed by atoms with E-state index in [-0.39, 0.29) is 18.7 Å². The van der Waals surface area contributed by atoms with Gasteiger partial charge in [-0.1, -0.05) is 0 Å². The summed E-state index contributed by atoms with van der Waals surface area (Å²) in [7, 11) is -4.03. The molecule has 1 aromatic rings. The zero-order valence-corrected chi connectivity index (χ0v) is 12.4. The highest BCUT2D eigenvalue weighted by Crippen LogP contribution is 2.23. The first-order valence-electron chi connectivity index (χ1n) is 6.59. The van der Waals surface area contributed by atoms with Gasteiger partial charge in [0.1, 0.15) is 11.9 Å². The normalized spacial score (nSPS) is 20.2. The van der Waals surface area contributed by atoms with E-state index in [1.807, 2.05) is 0 Å². The van der Waals surface area contributed by atoms with E-state index < -0.39 is 28.0 Å². The fourth-order valence-corrected chi connectivity index (χ4v) is 3.88. The Balaban J connectivity index is 2.26. The van der Waals surface area contributed by atoms with Gasteiger partial charge in [0.25, 0.3) is 0 Å². The van der Waals surface area contributed by atoms with Crippen LogP contribution in [-0.4, -0.2) is 36.4 Å². The number of rotatable bonds is 4. The van der Waals surface area contributed by atoms with E-state index in [0.717, 1.165) is 10.4 Å². The number of hydrogen-bond donors (Lipinski definition) is 2. The van der Waals surface area contributed by atoms with Crippen molar-refractivity contribution in [1.82, 2.24) is 4.31 Å². The Labute approximate surface area is 122 Å². The summed E-state index contributed by atoms with van der Waals surface area (Å²) in [5.74, 6) is -1.73. The molecular formula is C13H17FN2O4S. The second-order valence-corrected chi connectivity index (χ2v) is 6.71. The molecule has 116 valence electrons. The van der Waals surface area contributed by atoms with Gasteiger partial charge in [-0.2, -0.15) is 12.7 Å². The van der Waals surface area contributed by atoms with E-state index in [4.69, 9.17) is 5.11 Å². The van der Waals surface area contributed by atoms with Crippen molar-refractivity contribution >= 4 is 21.9 Å². The van der Waals surface area contributed by atoms with Crippen LogP contribution < -0.4 is 4.72 Å². The predicted octanol–water partition coefficient (Wildman–Crippen LogP) is 1.73. The number of benzene rings is 1. The lowest BCUT2D eigenvalue weighted by Crippen LogP contribution is -2.49. The zero-order valence-electron chi connectivity index (χ0n) is 11.5. The van der Waals surface area contributed by atoms with Gasteiger partial charge in [0.2, 0.25) is 0 Å². The monoisotopic (exact) mass is 316 g/mol. The zero-order chi connectivity index (χ0) is 15.6. The molecule has 6 nitrogen and oxygen atoms in total. The number of carboxylic acids is 1. The third-order valence-electron chi connectivity index (χ3n) is 3.34. The van der Waals surface area contributed by atoms with E-state index in [1.165, 1.54) is 12.1 Å².